The third-order valence-electron chi connectivity index (χ3n) is 7.32. The number of aryl methyl sites for hydroxylation is 3. The molecule has 2 fully saturated rings. The number of piperazine rings is 2. The van der Waals surface area contributed by atoms with Gasteiger partial charge in [-0.15, -0.1) is 11.3 Å². The van der Waals surface area contributed by atoms with Gasteiger partial charge in [0.05, 0.1) is 10.7 Å². The number of hydrogen-bond acceptors (Lipinski definition) is 7. The van der Waals surface area contributed by atoms with Crippen LogP contribution in [0.3, 0.4) is 0 Å². The van der Waals surface area contributed by atoms with Gasteiger partial charge in [0.25, 0.3) is 10.0 Å². The van der Waals surface area contributed by atoms with Gasteiger partial charge >= 0.3 is 6.03 Å². The molecule has 40 heavy (non-hydrogen) atoms. The molecule has 2 aliphatic rings. The Bertz CT molecular complexity index is 1470. The maximum Gasteiger partial charge on any atom is 0.321 e. The molecule has 1 aromatic heterocycles. The molecule has 10 nitrogen and oxygen atoms in total. The van der Waals surface area contributed by atoms with Gasteiger partial charge in [-0.2, -0.15) is 4.31 Å². The summed E-state index contributed by atoms with van der Waals surface area (Å²) in [5, 5.41) is 3.52. The number of nitrogens with zero attached hydrogens (tertiary/aromatic N) is 5. The Hall–Kier alpha value is -3.48. The van der Waals surface area contributed by atoms with Crippen molar-refractivity contribution in [1.29, 1.82) is 0 Å². The van der Waals surface area contributed by atoms with E-state index < -0.39 is 16.1 Å². The van der Waals surface area contributed by atoms with Crippen LogP contribution in [0, 0.1) is 20.8 Å². The van der Waals surface area contributed by atoms with Gasteiger partial charge in [0.15, 0.2) is 4.21 Å². The second kappa shape index (κ2) is 11.6. The normalized spacial score (nSPS) is 18.6. The fraction of sp³-hybridized carbons (Fsp3) is 0.393. The lowest BCUT2D eigenvalue weighted by Crippen LogP contribution is -2.63. The standard InChI is InChI=1S/C28H34N6O4S2/c1-20-9-11-23(12-10-20)30-28(36)33-17-18-34(40(37,38)27-21(2)29-22(3)39-27)25(19-33)26(35)32-15-13-31(14-16-32)24-7-5-4-6-8-24/h4-12,25H,13-19H2,1-3H3,(H,30,36). The molecule has 1 atom stereocenters. The number of aromatic nitrogens is 1. The second-order valence-electron chi connectivity index (χ2n) is 10.1. The van der Waals surface area contributed by atoms with Gasteiger partial charge < -0.3 is 20.0 Å². The second-order valence-corrected chi connectivity index (χ2v) is 13.4. The quantitative estimate of drug-likeness (QED) is 0.495. The maximum absolute atomic E-state index is 14.0. The minimum Gasteiger partial charge on any atom is -0.368 e. The van der Waals surface area contributed by atoms with Gasteiger partial charge in [-0.05, 0) is 45.0 Å². The van der Waals surface area contributed by atoms with Crippen LogP contribution in [0.4, 0.5) is 16.2 Å². The molecule has 0 bridgehead atoms. The molecule has 3 heterocycles. The van der Waals surface area contributed by atoms with Crippen molar-refractivity contribution >= 4 is 44.7 Å². The highest BCUT2D eigenvalue weighted by Crippen LogP contribution is 2.30. The zero-order valence-electron chi connectivity index (χ0n) is 22.9. The Morgan fingerprint density at radius 1 is 0.875 bits per heavy atom. The highest BCUT2D eigenvalue weighted by molar-refractivity contribution is 7.91. The molecule has 0 spiro atoms. The van der Waals surface area contributed by atoms with Crippen LogP contribution in [0.1, 0.15) is 16.3 Å². The number of rotatable bonds is 5. The molecule has 3 amide bonds. The van der Waals surface area contributed by atoms with Crippen LogP contribution < -0.4 is 10.2 Å². The molecule has 212 valence electrons. The number of thiazole rings is 1. The summed E-state index contributed by atoms with van der Waals surface area (Å²) in [6.45, 7) is 7.75. The molecule has 2 aromatic carbocycles. The fourth-order valence-corrected chi connectivity index (χ4v) is 8.33. The van der Waals surface area contributed by atoms with E-state index in [4.69, 9.17) is 0 Å². The number of benzene rings is 2. The molecule has 1 N–H and O–H groups in total. The predicted octanol–water partition coefficient (Wildman–Crippen LogP) is 3.32. The van der Waals surface area contributed by atoms with Gasteiger partial charge in [0, 0.05) is 57.2 Å². The van der Waals surface area contributed by atoms with Crippen molar-refractivity contribution in [2.75, 3.05) is 56.0 Å². The highest BCUT2D eigenvalue weighted by Gasteiger charge is 2.44. The first kappa shape index (κ1) is 28.1. The number of carbonyl (C=O) groups excluding carboxylic acids is 2. The van der Waals surface area contributed by atoms with Crippen molar-refractivity contribution in [2.45, 2.75) is 31.0 Å². The number of nitrogens with one attached hydrogen (secondary N) is 1. The van der Waals surface area contributed by atoms with Crippen LogP contribution in [-0.2, 0) is 14.8 Å². The van der Waals surface area contributed by atoms with E-state index in [2.05, 4.69) is 15.2 Å². The van der Waals surface area contributed by atoms with Crippen LogP contribution in [0.2, 0.25) is 0 Å². The fourth-order valence-electron chi connectivity index (χ4n) is 5.17. The summed E-state index contributed by atoms with van der Waals surface area (Å²) < 4.78 is 29.1. The maximum atomic E-state index is 14.0. The van der Waals surface area contributed by atoms with E-state index >= 15 is 0 Å². The Kier molecular flexibility index (Phi) is 8.11. The molecular weight excluding hydrogens is 548 g/mol. The van der Waals surface area contributed by atoms with Crippen molar-refractivity contribution in [3.8, 4) is 0 Å². The Labute approximate surface area is 239 Å². The molecule has 1 unspecified atom stereocenters. The Morgan fingerprint density at radius 3 is 2.15 bits per heavy atom. The number of para-hydroxylation sites is 1. The van der Waals surface area contributed by atoms with E-state index in [1.807, 2.05) is 61.5 Å². The van der Waals surface area contributed by atoms with Crippen molar-refractivity contribution < 1.29 is 18.0 Å². The van der Waals surface area contributed by atoms with Gasteiger partial charge in [-0.25, -0.2) is 18.2 Å². The number of urea groups is 1. The monoisotopic (exact) mass is 582 g/mol. The Morgan fingerprint density at radius 2 is 1.52 bits per heavy atom. The largest absolute Gasteiger partial charge is 0.368 e. The zero-order valence-corrected chi connectivity index (χ0v) is 24.5. The summed E-state index contributed by atoms with van der Waals surface area (Å²) in [6, 6.07) is 16.1. The first-order valence-electron chi connectivity index (χ1n) is 13.3. The summed E-state index contributed by atoms with van der Waals surface area (Å²) in [6.07, 6.45) is 0. The summed E-state index contributed by atoms with van der Waals surface area (Å²) in [5.74, 6) is -0.289. The first-order chi connectivity index (χ1) is 19.1. The average molecular weight is 583 g/mol. The number of carbonyl (C=O) groups is 2. The van der Waals surface area contributed by atoms with E-state index in [0.29, 0.717) is 42.6 Å². The molecule has 0 aliphatic carbocycles. The third-order valence-corrected chi connectivity index (χ3v) is 10.9. The lowest BCUT2D eigenvalue weighted by molar-refractivity contribution is -0.137. The lowest BCUT2D eigenvalue weighted by Gasteiger charge is -2.43. The lowest BCUT2D eigenvalue weighted by atomic mass is 10.1. The molecule has 2 saturated heterocycles. The minimum absolute atomic E-state index is 0.0143. The molecular formula is C28H34N6O4S2. The molecule has 12 heteroatoms. The number of anilines is 2. The Balaban J connectivity index is 1.37. The van der Waals surface area contributed by atoms with Crippen LogP contribution in [0.15, 0.2) is 58.8 Å². The summed E-state index contributed by atoms with van der Waals surface area (Å²) in [5.41, 5.74) is 3.22. The zero-order chi connectivity index (χ0) is 28.4. The van der Waals surface area contributed by atoms with Crippen molar-refractivity contribution in [3.63, 3.8) is 0 Å². The minimum atomic E-state index is -4.00. The first-order valence-corrected chi connectivity index (χ1v) is 15.6. The van der Waals surface area contributed by atoms with E-state index in [9.17, 15) is 18.0 Å². The topological polar surface area (TPSA) is 106 Å². The summed E-state index contributed by atoms with van der Waals surface area (Å²) in [4.78, 5) is 36.9. The number of amides is 3. The summed E-state index contributed by atoms with van der Waals surface area (Å²) in [7, 11) is -4.00. The van der Waals surface area contributed by atoms with Gasteiger partial charge in [0.2, 0.25) is 5.91 Å². The summed E-state index contributed by atoms with van der Waals surface area (Å²) >= 11 is 1.11. The SMILES string of the molecule is Cc1ccc(NC(=O)N2CCN(S(=O)(=O)c3sc(C)nc3C)C(C(=O)N3CCN(c4ccccc4)CC3)C2)cc1. The van der Waals surface area contributed by atoms with Crippen LogP contribution in [0.5, 0.6) is 0 Å². The van der Waals surface area contributed by atoms with Crippen LogP contribution in [-0.4, -0.2) is 91.3 Å². The molecule has 2 aliphatic heterocycles. The third kappa shape index (κ3) is 5.84. The van der Waals surface area contributed by atoms with Gasteiger partial charge in [0.1, 0.15) is 6.04 Å². The average Bonchev–Trinajstić information content (AvgIpc) is 3.32. The van der Waals surface area contributed by atoms with E-state index in [1.165, 1.54) is 9.21 Å². The van der Waals surface area contributed by atoms with Gasteiger partial charge in [-0.3, -0.25) is 4.79 Å². The smallest absolute Gasteiger partial charge is 0.321 e. The highest BCUT2D eigenvalue weighted by atomic mass is 32.2. The van der Waals surface area contributed by atoms with Crippen molar-refractivity contribution in [3.05, 3.63) is 70.9 Å². The van der Waals surface area contributed by atoms with E-state index in [0.717, 1.165) is 22.6 Å². The van der Waals surface area contributed by atoms with Crippen LogP contribution >= 0.6 is 11.3 Å². The van der Waals surface area contributed by atoms with E-state index in [1.54, 1.807) is 18.7 Å². The van der Waals surface area contributed by atoms with Crippen molar-refractivity contribution in [1.82, 2.24) is 19.1 Å². The number of sulfonamides is 1. The molecule has 0 saturated carbocycles. The molecule has 3 aromatic rings. The molecule has 0 radical (unpaired) electrons. The predicted molar refractivity (Wildman–Crippen MR) is 156 cm³/mol. The van der Waals surface area contributed by atoms with Crippen molar-refractivity contribution in [2.24, 2.45) is 0 Å². The van der Waals surface area contributed by atoms with Crippen LogP contribution in [0.25, 0.3) is 0 Å². The molecule has 5 rings (SSSR count). The number of hydrogen-bond donors (Lipinski definition) is 1. The van der Waals surface area contributed by atoms with E-state index in [-0.39, 0.29) is 35.8 Å². The van der Waals surface area contributed by atoms with Gasteiger partial charge in [-0.1, -0.05) is 35.9 Å².